The van der Waals surface area contributed by atoms with Crippen LogP contribution in [-0.2, 0) is 19.6 Å². The number of carbonyl (C=O) groups is 2. The number of likely N-dealkylation sites (tertiary alicyclic amines) is 1. The van der Waals surface area contributed by atoms with Crippen molar-refractivity contribution >= 4 is 33.4 Å². The Morgan fingerprint density at radius 3 is 2.53 bits per heavy atom. The van der Waals surface area contributed by atoms with Gasteiger partial charge < -0.3 is 10.6 Å². The molecule has 0 spiro atoms. The van der Waals surface area contributed by atoms with Crippen molar-refractivity contribution in [1.82, 2.24) is 9.21 Å². The Bertz CT molecular complexity index is 1160. The summed E-state index contributed by atoms with van der Waals surface area (Å²) in [5, 5.41) is -0.307. The molecule has 0 bridgehead atoms. The van der Waals surface area contributed by atoms with E-state index in [1.54, 1.807) is 4.90 Å². The molecule has 2 amide bonds. The largest absolute Gasteiger partial charge is 0.368 e. The second-order valence-electron chi connectivity index (χ2n) is 10.3. The Morgan fingerprint density at radius 1 is 1.21 bits per heavy atom. The van der Waals surface area contributed by atoms with Crippen molar-refractivity contribution in [3.8, 4) is 0 Å². The summed E-state index contributed by atoms with van der Waals surface area (Å²) in [6.07, 6.45) is 4.72. The quantitative estimate of drug-likeness (QED) is 0.588. The Morgan fingerprint density at radius 2 is 1.91 bits per heavy atom. The van der Waals surface area contributed by atoms with Gasteiger partial charge in [0.1, 0.15) is 17.7 Å². The molecule has 186 valence electrons. The van der Waals surface area contributed by atoms with E-state index >= 15 is 4.39 Å². The Kier molecular flexibility index (Phi) is 5.72. The van der Waals surface area contributed by atoms with E-state index in [0.717, 1.165) is 31.2 Å². The first kappa shape index (κ1) is 23.9. The SMILES string of the molecule is CS(=O)(=O)N1CCC[C@H](C(=O)N2C(C(N)=O)CC3CC32[C@@H](c2cc(F)c(Cl)cc2F)C2CC2)C1. The maximum atomic E-state index is 15.1. The molecule has 3 unspecified atom stereocenters. The van der Waals surface area contributed by atoms with Gasteiger partial charge in [0.05, 0.1) is 22.7 Å². The van der Waals surface area contributed by atoms with E-state index in [2.05, 4.69) is 0 Å². The molecule has 7 nitrogen and oxygen atoms in total. The fourth-order valence-corrected chi connectivity index (χ4v) is 7.56. The maximum Gasteiger partial charge on any atom is 0.240 e. The highest BCUT2D eigenvalue weighted by atomic mass is 35.5. The molecule has 11 heteroatoms. The number of sulfonamides is 1. The van der Waals surface area contributed by atoms with Crippen LogP contribution in [0, 0.1) is 29.4 Å². The van der Waals surface area contributed by atoms with E-state index in [1.165, 1.54) is 4.31 Å². The number of carbonyl (C=O) groups excluding carboxylic acids is 2. The van der Waals surface area contributed by atoms with Crippen LogP contribution >= 0.6 is 11.6 Å². The van der Waals surface area contributed by atoms with E-state index in [1.807, 2.05) is 0 Å². The lowest BCUT2D eigenvalue weighted by atomic mass is 9.82. The third-order valence-electron chi connectivity index (χ3n) is 8.16. The van der Waals surface area contributed by atoms with Crippen molar-refractivity contribution in [2.24, 2.45) is 23.5 Å². The summed E-state index contributed by atoms with van der Waals surface area (Å²) in [6.45, 7) is 0.383. The Hall–Kier alpha value is -1.78. The van der Waals surface area contributed by atoms with E-state index in [4.69, 9.17) is 17.3 Å². The second kappa shape index (κ2) is 8.13. The number of nitrogens with two attached hydrogens (primary N) is 1. The molecule has 1 aromatic rings. The normalized spacial score (nSPS) is 32.4. The van der Waals surface area contributed by atoms with Gasteiger partial charge in [-0.1, -0.05) is 11.6 Å². The summed E-state index contributed by atoms with van der Waals surface area (Å²) in [7, 11) is -3.47. The number of rotatable bonds is 6. The third-order valence-corrected chi connectivity index (χ3v) is 9.72. The molecule has 0 aromatic heterocycles. The van der Waals surface area contributed by atoms with Crippen LogP contribution in [0.3, 0.4) is 0 Å². The summed E-state index contributed by atoms with van der Waals surface area (Å²) < 4.78 is 55.0. The molecule has 5 atom stereocenters. The Labute approximate surface area is 202 Å². The number of nitrogens with zero attached hydrogens (tertiary/aromatic N) is 2. The predicted octanol–water partition coefficient (Wildman–Crippen LogP) is 2.63. The zero-order valence-corrected chi connectivity index (χ0v) is 20.4. The van der Waals surface area contributed by atoms with Crippen LogP contribution in [0.1, 0.15) is 50.0 Å². The summed E-state index contributed by atoms with van der Waals surface area (Å²) in [4.78, 5) is 27.9. The minimum atomic E-state index is -3.47. The Balaban J connectivity index is 1.54. The topological polar surface area (TPSA) is 101 Å². The van der Waals surface area contributed by atoms with Gasteiger partial charge in [-0.25, -0.2) is 21.5 Å². The van der Waals surface area contributed by atoms with Gasteiger partial charge in [0, 0.05) is 19.0 Å². The van der Waals surface area contributed by atoms with E-state index in [0.29, 0.717) is 32.2 Å². The molecule has 2 saturated heterocycles. The molecule has 1 aromatic carbocycles. The molecule has 4 fully saturated rings. The maximum absolute atomic E-state index is 15.1. The van der Waals surface area contributed by atoms with Gasteiger partial charge in [-0.3, -0.25) is 9.59 Å². The van der Waals surface area contributed by atoms with Crippen LogP contribution in [0.2, 0.25) is 5.02 Å². The average Bonchev–Trinajstić information content (AvgIpc) is 3.69. The third kappa shape index (κ3) is 3.82. The number of hydrogen-bond acceptors (Lipinski definition) is 4. The van der Waals surface area contributed by atoms with Gasteiger partial charge in [0.25, 0.3) is 0 Å². The summed E-state index contributed by atoms with van der Waals surface area (Å²) >= 11 is 5.79. The van der Waals surface area contributed by atoms with Gasteiger partial charge in [0.2, 0.25) is 21.8 Å². The van der Waals surface area contributed by atoms with Gasteiger partial charge >= 0.3 is 0 Å². The molecular weight excluding hydrogens is 488 g/mol. The molecule has 2 N–H and O–H groups in total. The van der Waals surface area contributed by atoms with Crippen LogP contribution in [-0.4, -0.2) is 60.4 Å². The smallest absolute Gasteiger partial charge is 0.240 e. The zero-order valence-electron chi connectivity index (χ0n) is 18.8. The van der Waals surface area contributed by atoms with Gasteiger partial charge in [-0.2, -0.15) is 0 Å². The van der Waals surface area contributed by atoms with Crippen molar-refractivity contribution < 1.29 is 26.8 Å². The summed E-state index contributed by atoms with van der Waals surface area (Å²) in [5.74, 6) is -3.39. The first-order chi connectivity index (χ1) is 15.9. The number of piperidine rings is 2. The standard InChI is InChI=1S/C23H28ClF2N3O4S/c1-34(32,33)28-6-2-3-13(11-28)22(31)29-19(21(27)30)7-14-10-23(14,29)20(12-4-5-12)15-8-18(26)16(24)9-17(15)25/h8-9,12-14,19-20H,2-7,10-11H2,1H3,(H2,27,30)/t13-,14?,19?,20+,23?/m0/s1. The lowest BCUT2D eigenvalue weighted by molar-refractivity contribution is -0.146. The summed E-state index contributed by atoms with van der Waals surface area (Å²) in [5.41, 5.74) is 5.06. The summed E-state index contributed by atoms with van der Waals surface area (Å²) in [6, 6.07) is 1.24. The highest BCUT2D eigenvalue weighted by molar-refractivity contribution is 7.88. The fourth-order valence-electron chi connectivity index (χ4n) is 6.50. The molecule has 0 radical (unpaired) electrons. The molecule has 2 heterocycles. The van der Waals surface area contributed by atoms with E-state index in [-0.39, 0.29) is 34.9 Å². The van der Waals surface area contributed by atoms with Crippen LogP contribution in [0.25, 0.3) is 0 Å². The lowest BCUT2D eigenvalue weighted by Gasteiger charge is -2.42. The van der Waals surface area contributed by atoms with Gasteiger partial charge in [-0.05, 0) is 68.1 Å². The number of halogens is 3. The molecule has 2 aliphatic heterocycles. The minimum absolute atomic E-state index is 0.0401. The average molecular weight is 516 g/mol. The molecule has 2 saturated carbocycles. The van der Waals surface area contributed by atoms with E-state index in [9.17, 15) is 22.4 Å². The fraction of sp³-hybridized carbons (Fsp3) is 0.652. The zero-order chi connectivity index (χ0) is 24.6. The minimum Gasteiger partial charge on any atom is -0.368 e. The lowest BCUT2D eigenvalue weighted by Crippen LogP contribution is -2.57. The van der Waals surface area contributed by atoms with Crippen molar-refractivity contribution in [3.05, 3.63) is 34.4 Å². The molecule has 5 rings (SSSR count). The van der Waals surface area contributed by atoms with E-state index < -0.39 is 51.0 Å². The predicted molar refractivity (Wildman–Crippen MR) is 121 cm³/mol. The van der Waals surface area contributed by atoms with Crippen LogP contribution in [0.4, 0.5) is 8.78 Å². The number of fused-ring (bicyclic) bond motifs is 1. The highest BCUT2D eigenvalue weighted by Gasteiger charge is 2.73. The van der Waals surface area contributed by atoms with Gasteiger partial charge in [0.15, 0.2) is 0 Å². The molecular formula is C23H28ClF2N3O4S. The molecule has 34 heavy (non-hydrogen) atoms. The second-order valence-corrected chi connectivity index (χ2v) is 12.7. The van der Waals surface area contributed by atoms with Crippen LogP contribution in [0.5, 0.6) is 0 Å². The number of primary amides is 1. The van der Waals surface area contributed by atoms with Crippen molar-refractivity contribution in [3.63, 3.8) is 0 Å². The number of amides is 2. The first-order valence-electron chi connectivity index (χ1n) is 11.7. The number of hydrogen-bond donors (Lipinski definition) is 1. The van der Waals surface area contributed by atoms with Crippen LogP contribution < -0.4 is 5.73 Å². The molecule has 4 aliphatic rings. The van der Waals surface area contributed by atoms with Crippen molar-refractivity contribution in [2.75, 3.05) is 19.3 Å². The highest BCUT2D eigenvalue weighted by Crippen LogP contribution is 2.69. The van der Waals surface area contributed by atoms with Gasteiger partial charge in [-0.15, -0.1) is 0 Å². The number of benzene rings is 1. The molecule has 2 aliphatic carbocycles. The van der Waals surface area contributed by atoms with Crippen LogP contribution in [0.15, 0.2) is 12.1 Å². The monoisotopic (exact) mass is 515 g/mol. The first-order valence-corrected chi connectivity index (χ1v) is 13.9. The van der Waals surface area contributed by atoms with Crippen molar-refractivity contribution in [2.45, 2.75) is 56.0 Å². The van der Waals surface area contributed by atoms with Crippen molar-refractivity contribution in [1.29, 1.82) is 0 Å².